The van der Waals surface area contributed by atoms with Crippen LogP contribution in [0, 0.1) is 0 Å². The van der Waals surface area contributed by atoms with E-state index in [-0.39, 0.29) is 17.5 Å². The number of nitrogens with zero attached hydrogens (tertiary/aromatic N) is 1. The monoisotopic (exact) mass is 283 g/mol. The molecule has 1 atom stereocenters. The quantitative estimate of drug-likeness (QED) is 0.593. The third-order valence-electron chi connectivity index (χ3n) is 3.49. The first-order chi connectivity index (χ1) is 10.1. The van der Waals surface area contributed by atoms with Crippen LogP contribution in [0.4, 0.5) is 0 Å². The summed E-state index contributed by atoms with van der Waals surface area (Å²) in [5.41, 5.74) is 2.69. The van der Waals surface area contributed by atoms with Gasteiger partial charge in [0.1, 0.15) is 17.3 Å². The number of H-pyrrole nitrogens is 1. The summed E-state index contributed by atoms with van der Waals surface area (Å²) in [6.45, 7) is 2.52. The molecule has 1 unspecified atom stereocenters. The van der Waals surface area contributed by atoms with Gasteiger partial charge in [-0.1, -0.05) is 18.2 Å². The highest BCUT2D eigenvalue weighted by molar-refractivity contribution is 5.74. The summed E-state index contributed by atoms with van der Waals surface area (Å²) in [7, 11) is 0. The van der Waals surface area contributed by atoms with E-state index in [1.54, 1.807) is 12.1 Å². The Bertz CT molecular complexity index is 734. The van der Waals surface area contributed by atoms with Gasteiger partial charge in [-0.15, -0.1) is 0 Å². The Hall–Kier alpha value is -2.53. The molecule has 108 valence electrons. The van der Waals surface area contributed by atoms with E-state index >= 15 is 0 Å². The zero-order chi connectivity index (χ0) is 14.8. The van der Waals surface area contributed by atoms with Crippen molar-refractivity contribution < 1.29 is 10.2 Å². The van der Waals surface area contributed by atoms with Crippen molar-refractivity contribution in [3.05, 3.63) is 53.9 Å². The molecule has 5 nitrogen and oxygen atoms in total. The second-order valence-corrected chi connectivity index (χ2v) is 5.05. The molecule has 0 aliphatic rings. The lowest BCUT2D eigenvalue weighted by atomic mass is 10.1. The van der Waals surface area contributed by atoms with Gasteiger partial charge < -0.3 is 20.5 Å². The van der Waals surface area contributed by atoms with Crippen molar-refractivity contribution >= 4 is 11.0 Å². The minimum Gasteiger partial charge on any atom is -0.508 e. The first-order valence-corrected chi connectivity index (χ1v) is 6.82. The van der Waals surface area contributed by atoms with Gasteiger partial charge in [-0.05, 0) is 25.1 Å². The van der Waals surface area contributed by atoms with Crippen LogP contribution in [0.2, 0.25) is 0 Å². The number of phenols is 2. The van der Waals surface area contributed by atoms with Crippen LogP contribution in [0.5, 0.6) is 11.5 Å². The Labute approximate surface area is 122 Å². The fourth-order valence-electron chi connectivity index (χ4n) is 2.35. The number of phenolic OH excluding ortho intramolecular Hbond substituents is 2. The number of para-hydroxylation sites is 2. The molecule has 1 aromatic heterocycles. The van der Waals surface area contributed by atoms with Crippen molar-refractivity contribution in [2.75, 3.05) is 0 Å². The van der Waals surface area contributed by atoms with E-state index in [0.717, 1.165) is 22.4 Å². The lowest BCUT2D eigenvalue weighted by Crippen LogP contribution is -2.18. The molecule has 2 aromatic carbocycles. The molecule has 0 bridgehead atoms. The normalized spacial score (nSPS) is 12.6. The van der Waals surface area contributed by atoms with Crippen LogP contribution in [0.15, 0.2) is 42.5 Å². The summed E-state index contributed by atoms with van der Waals surface area (Å²) >= 11 is 0. The van der Waals surface area contributed by atoms with Crippen LogP contribution in [-0.4, -0.2) is 20.2 Å². The minimum absolute atomic E-state index is 0.0562. The number of aromatic nitrogens is 2. The molecular formula is C16H17N3O2. The predicted octanol–water partition coefficient (Wildman–Crippen LogP) is 2.82. The van der Waals surface area contributed by atoms with E-state index < -0.39 is 0 Å². The van der Waals surface area contributed by atoms with Crippen molar-refractivity contribution in [3.63, 3.8) is 0 Å². The highest BCUT2D eigenvalue weighted by Gasteiger charge is 2.11. The van der Waals surface area contributed by atoms with Gasteiger partial charge in [-0.2, -0.15) is 0 Å². The molecular weight excluding hydrogens is 266 g/mol. The van der Waals surface area contributed by atoms with E-state index in [0.29, 0.717) is 6.54 Å². The average Bonchev–Trinajstić information content (AvgIpc) is 2.87. The van der Waals surface area contributed by atoms with Crippen LogP contribution in [0.25, 0.3) is 11.0 Å². The molecule has 1 heterocycles. The Morgan fingerprint density at radius 3 is 2.76 bits per heavy atom. The predicted molar refractivity (Wildman–Crippen MR) is 81.1 cm³/mol. The lowest BCUT2D eigenvalue weighted by molar-refractivity contribution is 0.435. The molecule has 3 rings (SSSR count). The van der Waals surface area contributed by atoms with Crippen molar-refractivity contribution in [2.24, 2.45) is 0 Å². The van der Waals surface area contributed by atoms with Gasteiger partial charge in [0.2, 0.25) is 0 Å². The number of rotatable bonds is 4. The molecule has 0 saturated carbocycles. The number of nitrogens with one attached hydrogen (secondary N) is 2. The van der Waals surface area contributed by atoms with E-state index in [1.807, 2.05) is 31.2 Å². The van der Waals surface area contributed by atoms with Crippen molar-refractivity contribution in [1.29, 1.82) is 0 Å². The Kier molecular flexibility index (Phi) is 3.50. The zero-order valence-corrected chi connectivity index (χ0v) is 11.7. The molecule has 0 amide bonds. The molecule has 5 heteroatoms. The topological polar surface area (TPSA) is 81.2 Å². The summed E-state index contributed by atoms with van der Waals surface area (Å²) in [6.07, 6.45) is 0. The van der Waals surface area contributed by atoms with Gasteiger partial charge in [0.25, 0.3) is 0 Å². The van der Waals surface area contributed by atoms with Crippen molar-refractivity contribution in [2.45, 2.75) is 19.5 Å². The maximum atomic E-state index is 9.85. The minimum atomic E-state index is -0.0567. The molecule has 0 aliphatic heterocycles. The summed E-state index contributed by atoms with van der Waals surface area (Å²) in [6, 6.07) is 12.4. The number of fused-ring (bicyclic) bond motifs is 1. The van der Waals surface area contributed by atoms with Gasteiger partial charge in [-0.25, -0.2) is 4.98 Å². The Balaban J connectivity index is 1.71. The van der Waals surface area contributed by atoms with Crippen LogP contribution < -0.4 is 5.32 Å². The molecule has 0 aliphatic carbocycles. The summed E-state index contributed by atoms with van der Waals surface area (Å²) in [4.78, 5) is 7.74. The first kappa shape index (κ1) is 13.5. The highest BCUT2D eigenvalue weighted by atomic mass is 16.3. The fourth-order valence-corrected chi connectivity index (χ4v) is 2.35. The average molecular weight is 283 g/mol. The largest absolute Gasteiger partial charge is 0.508 e. The third-order valence-corrected chi connectivity index (χ3v) is 3.49. The Morgan fingerprint density at radius 1 is 1.19 bits per heavy atom. The van der Waals surface area contributed by atoms with Crippen LogP contribution in [0.3, 0.4) is 0 Å². The standard InChI is InChI=1S/C16H17N3O2/c1-10(12-7-6-11(20)8-15(12)21)17-9-16-18-13-4-2-3-5-14(13)19-16/h2-8,10,17,20-21H,9H2,1H3,(H,18,19). The third kappa shape index (κ3) is 2.83. The van der Waals surface area contributed by atoms with Crippen molar-refractivity contribution in [3.8, 4) is 11.5 Å². The van der Waals surface area contributed by atoms with Gasteiger partial charge in [0.15, 0.2) is 0 Å². The van der Waals surface area contributed by atoms with Crippen LogP contribution in [0.1, 0.15) is 24.4 Å². The van der Waals surface area contributed by atoms with E-state index in [1.165, 1.54) is 6.07 Å². The summed E-state index contributed by atoms with van der Waals surface area (Å²) < 4.78 is 0. The maximum Gasteiger partial charge on any atom is 0.124 e. The molecule has 0 saturated heterocycles. The molecule has 21 heavy (non-hydrogen) atoms. The van der Waals surface area contributed by atoms with Gasteiger partial charge in [0, 0.05) is 17.7 Å². The van der Waals surface area contributed by atoms with Crippen LogP contribution in [-0.2, 0) is 6.54 Å². The summed E-state index contributed by atoms with van der Waals surface area (Å²) in [5.74, 6) is 0.988. The van der Waals surface area contributed by atoms with E-state index in [9.17, 15) is 10.2 Å². The van der Waals surface area contributed by atoms with E-state index in [4.69, 9.17) is 0 Å². The number of aromatic amines is 1. The van der Waals surface area contributed by atoms with Gasteiger partial charge >= 0.3 is 0 Å². The molecule has 0 fully saturated rings. The number of benzene rings is 2. The number of imidazole rings is 1. The lowest BCUT2D eigenvalue weighted by Gasteiger charge is -2.14. The second-order valence-electron chi connectivity index (χ2n) is 5.05. The van der Waals surface area contributed by atoms with Gasteiger partial charge in [0.05, 0.1) is 17.6 Å². The van der Waals surface area contributed by atoms with E-state index in [2.05, 4.69) is 15.3 Å². The molecule has 3 aromatic rings. The number of aromatic hydroxyl groups is 2. The van der Waals surface area contributed by atoms with Crippen LogP contribution >= 0.6 is 0 Å². The smallest absolute Gasteiger partial charge is 0.124 e. The second kappa shape index (κ2) is 5.46. The van der Waals surface area contributed by atoms with Crippen molar-refractivity contribution in [1.82, 2.24) is 15.3 Å². The SMILES string of the molecule is CC(NCc1nc2ccccc2[nH]1)c1ccc(O)cc1O. The number of hydrogen-bond acceptors (Lipinski definition) is 4. The molecule has 4 N–H and O–H groups in total. The summed E-state index contributed by atoms with van der Waals surface area (Å²) in [5, 5.41) is 22.5. The Morgan fingerprint density at radius 2 is 2.00 bits per heavy atom. The number of hydrogen-bond donors (Lipinski definition) is 4. The molecule has 0 spiro atoms. The highest BCUT2D eigenvalue weighted by Crippen LogP contribution is 2.27. The van der Waals surface area contributed by atoms with Gasteiger partial charge in [-0.3, -0.25) is 0 Å². The fraction of sp³-hybridized carbons (Fsp3) is 0.188. The zero-order valence-electron chi connectivity index (χ0n) is 11.7. The maximum absolute atomic E-state index is 9.85. The first-order valence-electron chi connectivity index (χ1n) is 6.82. The molecule has 0 radical (unpaired) electrons.